The number of aromatic nitrogens is 1. The third kappa shape index (κ3) is 5.37. The Kier molecular flexibility index (Phi) is 6.45. The molecule has 0 atom stereocenters. The lowest BCUT2D eigenvalue weighted by atomic mass is 10.0. The maximum Gasteiger partial charge on any atom is 0.473 e. The van der Waals surface area contributed by atoms with Crippen molar-refractivity contribution in [3.63, 3.8) is 0 Å². The topological polar surface area (TPSA) is 74.9 Å². The largest absolute Gasteiger partial charge is 0.473 e. The van der Waals surface area contributed by atoms with Crippen LogP contribution in [0.3, 0.4) is 0 Å². The van der Waals surface area contributed by atoms with Gasteiger partial charge >= 0.3 is 18.2 Å². The van der Waals surface area contributed by atoms with Crippen molar-refractivity contribution in [1.82, 2.24) is 9.47 Å². The SMILES string of the molecule is CC(C)(C)N(Cc1cn(Cc2cccc3ccccc23)/c(=N/C(=O)C(F)(F)F)s1)C(=O)O. The van der Waals surface area contributed by atoms with Crippen LogP contribution in [0.2, 0.25) is 0 Å². The zero-order valence-corrected chi connectivity index (χ0v) is 18.5. The molecule has 1 aromatic heterocycles. The highest BCUT2D eigenvalue weighted by molar-refractivity contribution is 7.09. The summed E-state index contributed by atoms with van der Waals surface area (Å²) in [6.45, 7) is 5.28. The molecule has 0 unspecified atom stereocenters. The first-order valence-corrected chi connectivity index (χ1v) is 10.5. The van der Waals surface area contributed by atoms with Crippen molar-refractivity contribution in [2.75, 3.05) is 0 Å². The van der Waals surface area contributed by atoms with Gasteiger partial charge in [0.25, 0.3) is 0 Å². The zero-order chi connectivity index (χ0) is 23.7. The summed E-state index contributed by atoms with van der Waals surface area (Å²) in [5, 5.41) is 11.4. The fourth-order valence-electron chi connectivity index (χ4n) is 3.22. The Morgan fingerprint density at radius 2 is 1.75 bits per heavy atom. The van der Waals surface area contributed by atoms with Gasteiger partial charge in [0, 0.05) is 16.6 Å². The highest BCUT2D eigenvalue weighted by atomic mass is 32.1. The number of thiazole rings is 1. The Labute approximate surface area is 186 Å². The second-order valence-corrected chi connectivity index (χ2v) is 9.29. The molecular weight excluding hydrogens is 443 g/mol. The van der Waals surface area contributed by atoms with E-state index in [0.717, 1.165) is 27.7 Å². The van der Waals surface area contributed by atoms with Crippen LogP contribution >= 0.6 is 11.3 Å². The van der Waals surface area contributed by atoms with E-state index < -0.39 is 23.7 Å². The third-order valence-corrected chi connectivity index (χ3v) is 5.79. The van der Waals surface area contributed by atoms with E-state index in [2.05, 4.69) is 4.99 Å². The molecule has 1 N–H and O–H groups in total. The first-order valence-electron chi connectivity index (χ1n) is 9.68. The van der Waals surface area contributed by atoms with Gasteiger partial charge in [-0.25, -0.2) is 4.79 Å². The van der Waals surface area contributed by atoms with Gasteiger partial charge in [0.1, 0.15) is 0 Å². The molecule has 2 aromatic carbocycles. The summed E-state index contributed by atoms with van der Waals surface area (Å²) in [6, 6.07) is 13.2. The van der Waals surface area contributed by atoms with Crippen LogP contribution in [-0.2, 0) is 17.9 Å². The van der Waals surface area contributed by atoms with Gasteiger partial charge in [-0.1, -0.05) is 53.8 Å². The van der Waals surface area contributed by atoms with Crippen LogP contribution in [0.4, 0.5) is 18.0 Å². The molecule has 0 radical (unpaired) electrons. The number of amides is 2. The molecule has 0 saturated carbocycles. The number of nitrogens with zero attached hydrogens (tertiary/aromatic N) is 3. The Hall–Kier alpha value is -3.14. The first-order chi connectivity index (χ1) is 14.9. The zero-order valence-electron chi connectivity index (χ0n) is 17.7. The van der Waals surface area contributed by atoms with Crippen molar-refractivity contribution in [2.45, 2.75) is 45.6 Å². The Morgan fingerprint density at radius 1 is 1.09 bits per heavy atom. The van der Waals surface area contributed by atoms with Crippen molar-refractivity contribution in [3.8, 4) is 0 Å². The van der Waals surface area contributed by atoms with E-state index in [4.69, 9.17) is 0 Å². The monoisotopic (exact) mass is 465 g/mol. The summed E-state index contributed by atoms with van der Waals surface area (Å²) in [7, 11) is 0. The third-order valence-electron chi connectivity index (χ3n) is 4.78. The molecule has 1 heterocycles. The van der Waals surface area contributed by atoms with Gasteiger partial charge < -0.3 is 9.67 Å². The summed E-state index contributed by atoms with van der Waals surface area (Å²) < 4.78 is 40.0. The van der Waals surface area contributed by atoms with Crippen molar-refractivity contribution in [3.05, 3.63) is 63.9 Å². The van der Waals surface area contributed by atoms with Crippen molar-refractivity contribution < 1.29 is 27.9 Å². The maximum atomic E-state index is 12.8. The fraction of sp³-hybridized carbons (Fsp3) is 0.318. The molecule has 10 heteroatoms. The lowest BCUT2D eigenvalue weighted by Gasteiger charge is -2.32. The van der Waals surface area contributed by atoms with Crippen LogP contribution in [0.25, 0.3) is 10.8 Å². The lowest BCUT2D eigenvalue weighted by Crippen LogP contribution is -2.44. The number of halogens is 3. The quantitative estimate of drug-likeness (QED) is 0.588. The molecule has 2 amide bonds. The van der Waals surface area contributed by atoms with E-state index in [1.54, 1.807) is 27.0 Å². The Bertz CT molecular complexity index is 1220. The maximum absolute atomic E-state index is 12.8. The minimum Gasteiger partial charge on any atom is -0.465 e. The summed E-state index contributed by atoms with van der Waals surface area (Å²) >= 11 is 0.861. The second kappa shape index (κ2) is 8.78. The molecule has 0 aliphatic carbocycles. The first kappa shape index (κ1) is 23.5. The van der Waals surface area contributed by atoms with Gasteiger partial charge in [-0.15, -0.1) is 0 Å². The van der Waals surface area contributed by atoms with Gasteiger partial charge in [0.05, 0.1) is 13.1 Å². The van der Waals surface area contributed by atoms with E-state index in [0.29, 0.717) is 4.88 Å². The summed E-state index contributed by atoms with van der Waals surface area (Å²) in [6.07, 6.45) is -4.70. The number of hydrogen-bond donors (Lipinski definition) is 1. The number of carboxylic acid groups (broad SMARTS) is 1. The molecular formula is C22H22F3N3O3S. The molecule has 0 saturated heterocycles. The second-order valence-electron chi connectivity index (χ2n) is 8.20. The number of carbonyl (C=O) groups excluding carboxylic acids is 1. The molecule has 0 aliphatic heterocycles. The van der Waals surface area contributed by atoms with Crippen LogP contribution in [0.1, 0.15) is 31.2 Å². The average molecular weight is 465 g/mol. The number of rotatable bonds is 4. The van der Waals surface area contributed by atoms with Crippen molar-refractivity contribution in [2.24, 2.45) is 4.99 Å². The average Bonchev–Trinajstić information content (AvgIpc) is 3.05. The number of alkyl halides is 3. The smallest absolute Gasteiger partial charge is 0.465 e. The highest BCUT2D eigenvalue weighted by Gasteiger charge is 2.38. The molecule has 170 valence electrons. The van der Waals surface area contributed by atoms with Crippen molar-refractivity contribution in [1.29, 1.82) is 0 Å². The lowest BCUT2D eigenvalue weighted by molar-refractivity contribution is -0.169. The van der Waals surface area contributed by atoms with Gasteiger partial charge in [-0.3, -0.25) is 9.69 Å². The number of benzene rings is 2. The van der Waals surface area contributed by atoms with Crippen LogP contribution in [0, 0.1) is 0 Å². The van der Waals surface area contributed by atoms with Gasteiger partial charge in [0.2, 0.25) is 0 Å². The summed E-state index contributed by atoms with van der Waals surface area (Å²) in [5.74, 6) is -2.21. The van der Waals surface area contributed by atoms with Gasteiger partial charge in [0.15, 0.2) is 4.80 Å². The van der Waals surface area contributed by atoms with Crippen LogP contribution in [-0.4, -0.2) is 38.3 Å². The van der Waals surface area contributed by atoms with Gasteiger partial charge in [-0.05, 0) is 37.1 Å². The Balaban J connectivity index is 2.08. The van der Waals surface area contributed by atoms with Gasteiger partial charge in [-0.2, -0.15) is 18.2 Å². The molecule has 0 spiro atoms. The minimum atomic E-state index is -5.10. The standard InChI is InChI=1S/C22H22F3N3O3S/c1-21(2,3)28(20(30)31)13-16-12-27(19(32-16)26-18(29)22(23,24)25)11-15-9-6-8-14-7-4-5-10-17(14)15/h4-10,12H,11,13H2,1-3H3,(H,30,31)/b26-19-. The van der Waals surface area contributed by atoms with E-state index in [9.17, 15) is 27.9 Å². The predicted molar refractivity (Wildman–Crippen MR) is 115 cm³/mol. The van der Waals surface area contributed by atoms with E-state index in [1.807, 2.05) is 42.5 Å². The van der Waals surface area contributed by atoms with Crippen LogP contribution < -0.4 is 4.80 Å². The van der Waals surface area contributed by atoms with E-state index >= 15 is 0 Å². The molecule has 0 fully saturated rings. The normalized spacial score (nSPS) is 12.9. The van der Waals surface area contributed by atoms with Crippen LogP contribution in [0.15, 0.2) is 53.7 Å². The minimum absolute atomic E-state index is 0.0469. The molecule has 3 aromatic rings. The number of carbonyl (C=O) groups is 2. The Morgan fingerprint density at radius 3 is 2.38 bits per heavy atom. The van der Waals surface area contributed by atoms with Crippen LogP contribution in [0.5, 0.6) is 0 Å². The highest BCUT2D eigenvalue weighted by Crippen LogP contribution is 2.22. The molecule has 3 rings (SSSR count). The molecule has 32 heavy (non-hydrogen) atoms. The molecule has 0 aliphatic rings. The molecule has 6 nitrogen and oxygen atoms in total. The van der Waals surface area contributed by atoms with E-state index in [-0.39, 0.29) is 17.9 Å². The van der Waals surface area contributed by atoms with E-state index in [1.165, 1.54) is 9.47 Å². The summed E-state index contributed by atoms with van der Waals surface area (Å²) in [4.78, 5) is 28.0. The van der Waals surface area contributed by atoms with Crippen molar-refractivity contribution >= 4 is 34.1 Å². The predicted octanol–water partition coefficient (Wildman–Crippen LogP) is 5.02. The molecule has 0 bridgehead atoms. The summed E-state index contributed by atoms with van der Waals surface area (Å²) in [5.41, 5.74) is 0.106. The number of fused-ring (bicyclic) bond motifs is 1. The fourth-order valence-corrected chi connectivity index (χ4v) is 4.19. The number of hydrogen-bond acceptors (Lipinski definition) is 3.